The van der Waals surface area contributed by atoms with Gasteiger partial charge < -0.3 is 14.2 Å². The van der Waals surface area contributed by atoms with E-state index in [0.717, 1.165) is 57.8 Å². The lowest BCUT2D eigenvalue weighted by molar-refractivity contribution is -0.167. The van der Waals surface area contributed by atoms with Crippen LogP contribution in [0.2, 0.25) is 0 Å². The molecule has 6 heteroatoms. The minimum atomic E-state index is -0.761. The molecule has 1 atom stereocenters. The van der Waals surface area contributed by atoms with Crippen LogP contribution in [0.25, 0.3) is 0 Å². The Bertz CT molecular complexity index is 1110. The molecule has 74 heavy (non-hydrogen) atoms. The summed E-state index contributed by atoms with van der Waals surface area (Å²) >= 11 is 0. The summed E-state index contributed by atoms with van der Waals surface area (Å²) in [5.74, 6) is -0.832. The molecule has 1 unspecified atom stereocenters. The fourth-order valence-corrected chi connectivity index (χ4v) is 10.7. The van der Waals surface area contributed by atoms with Crippen LogP contribution in [0.15, 0.2) is 0 Å². The number of carbonyl (C=O) groups is 3. The molecule has 0 rings (SSSR count). The van der Waals surface area contributed by atoms with Crippen molar-refractivity contribution in [3.8, 4) is 0 Å². The third-order valence-corrected chi connectivity index (χ3v) is 15.9. The average molecular weight is 1050 g/mol. The first-order valence-corrected chi connectivity index (χ1v) is 34.0. The summed E-state index contributed by atoms with van der Waals surface area (Å²) in [5.41, 5.74) is 0. The van der Waals surface area contributed by atoms with Crippen LogP contribution >= 0.6 is 0 Å². The van der Waals surface area contributed by atoms with E-state index in [1.54, 1.807) is 0 Å². The number of carbonyl (C=O) groups excluding carboxylic acids is 3. The Balaban J connectivity index is 3.97. The molecule has 0 bridgehead atoms. The van der Waals surface area contributed by atoms with E-state index in [2.05, 4.69) is 20.8 Å². The van der Waals surface area contributed by atoms with Gasteiger partial charge in [-0.25, -0.2) is 0 Å². The van der Waals surface area contributed by atoms with E-state index in [-0.39, 0.29) is 31.1 Å². The second-order valence-electron chi connectivity index (χ2n) is 23.5. The fourth-order valence-electron chi connectivity index (χ4n) is 10.7. The predicted molar refractivity (Wildman–Crippen MR) is 321 cm³/mol. The molecular weight excluding hydrogens is 913 g/mol. The van der Waals surface area contributed by atoms with Crippen molar-refractivity contribution in [2.75, 3.05) is 13.2 Å². The van der Waals surface area contributed by atoms with Gasteiger partial charge in [0.05, 0.1) is 0 Å². The zero-order valence-corrected chi connectivity index (χ0v) is 50.7. The Morgan fingerprint density at radius 2 is 0.365 bits per heavy atom. The van der Waals surface area contributed by atoms with E-state index < -0.39 is 6.10 Å². The largest absolute Gasteiger partial charge is 0.462 e. The van der Waals surface area contributed by atoms with Gasteiger partial charge in [-0.1, -0.05) is 361 Å². The molecule has 0 aromatic heterocycles. The summed E-state index contributed by atoms with van der Waals surface area (Å²) in [6.45, 7) is 6.70. The molecule has 0 fully saturated rings. The zero-order chi connectivity index (χ0) is 53.6. The van der Waals surface area contributed by atoms with Crippen LogP contribution in [0.3, 0.4) is 0 Å². The first-order valence-electron chi connectivity index (χ1n) is 34.0. The van der Waals surface area contributed by atoms with Crippen molar-refractivity contribution in [2.24, 2.45) is 0 Å². The molecule has 0 aliphatic rings. The fraction of sp³-hybridized carbons (Fsp3) is 0.956. The molecule has 0 amide bonds. The van der Waals surface area contributed by atoms with Crippen LogP contribution < -0.4 is 0 Å². The van der Waals surface area contributed by atoms with E-state index >= 15 is 0 Å². The minimum Gasteiger partial charge on any atom is -0.462 e. The maximum Gasteiger partial charge on any atom is 0.306 e. The van der Waals surface area contributed by atoms with Gasteiger partial charge in [0, 0.05) is 19.3 Å². The highest BCUT2D eigenvalue weighted by Crippen LogP contribution is 2.19. The van der Waals surface area contributed by atoms with Crippen LogP contribution in [0.1, 0.15) is 400 Å². The van der Waals surface area contributed by atoms with Crippen LogP contribution in [-0.4, -0.2) is 37.2 Å². The summed E-state index contributed by atoms with van der Waals surface area (Å²) in [7, 11) is 0. The van der Waals surface area contributed by atoms with Gasteiger partial charge in [0.2, 0.25) is 0 Å². The summed E-state index contributed by atoms with van der Waals surface area (Å²) in [6, 6.07) is 0. The highest BCUT2D eigenvalue weighted by atomic mass is 16.6. The Hall–Kier alpha value is -1.59. The van der Waals surface area contributed by atoms with Crippen molar-refractivity contribution in [1.82, 2.24) is 0 Å². The molecular formula is C68H132O6. The molecule has 440 valence electrons. The SMILES string of the molecule is CCCCCCCCCCCCCCCCCCCCCCCCCCCCCCCCCCC(=O)OCC(COC(=O)CCCCCCCCCCC)OC(=O)CCCCCCCCCCCCCCCCC. The molecule has 0 N–H and O–H groups in total. The summed E-state index contributed by atoms with van der Waals surface area (Å²) in [5, 5.41) is 0. The van der Waals surface area contributed by atoms with E-state index in [1.807, 2.05) is 0 Å². The number of esters is 3. The Kier molecular flexibility index (Phi) is 62.6. The maximum absolute atomic E-state index is 12.9. The lowest BCUT2D eigenvalue weighted by Crippen LogP contribution is -2.30. The second-order valence-corrected chi connectivity index (χ2v) is 23.5. The predicted octanol–water partition coefficient (Wildman–Crippen LogP) is 23.1. The first kappa shape index (κ1) is 72.4. The Labute approximate surface area is 463 Å². The standard InChI is InChI=1S/C68H132O6/c1-4-7-10-13-16-19-21-23-25-26-27-28-29-30-31-32-33-34-35-36-37-38-39-40-41-43-44-46-49-52-55-58-61-67(70)73-64-65(63-72-66(69)60-57-54-51-48-18-15-12-9-6-3)74-68(71)62-59-56-53-50-47-45-42-24-22-20-17-14-11-8-5-2/h65H,4-64H2,1-3H3. The summed E-state index contributed by atoms with van der Waals surface area (Å²) in [4.78, 5) is 38.1. The van der Waals surface area contributed by atoms with Crippen LogP contribution in [0.5, 0.6) is 0 Å². The van der Waals surface area contributed by atoms with Crippen molar-refractivity contribution < 1.29 is 28.6 Å². The summed E-state index contributed by atoms with van der Waals surface area (Å²) in [6.07, 6.45) is 74.4. The monoisotopic (exact) mass is 1050 g/mol. The number of ether oxygens (including phenoxy) is 3. The maximum atomic E-state index is 12.9. The van der Waals surface area contributed by atoms with Crippen molar-refractivity contribution in [1.29, 1.82) is 0 Å². The van der Waals surface area contributed by atoms with Gasteiger partial charge in [0.15, 0.2) is 6.10 Å². The highest BCUT2D eigenvalue weighted by Gasteiger charge is 2.19. The third kappa shape index (κ3) is 61.3. The van der Waals surface area contributed by atoms with Crippen LogP contribution in [0, 0.1) is 0 Å². The van der Waals surface area contributed by atoms with Crippen LogP contribution in [0.4, 0.5) is 0 Å². The quantitative estimate of drug-likeness (QED) is 0.0343. The lowest BCUT2D eigenvalue weighted by Gasteiger charge is -2.18. The Morgan fingerprint density at radius 1 is 0.216 bits per heavy atom. The Morgan fingerprint density at radius 3 is 0.541 bits per heavy atom. The molecule has 0 heterocycles. The minimum absolute atomic E-state index is 0.0611. The molecule has 0 spiro atoms. The molecule has 0 aliphatic heterocycles. The molecule has 6 nitrogen and oxygen atoms in total. The van der Waals surface area contributed by atoms with E-state index in [4.69, 9.17) is 14.2 Å². The van der Waals surface area contributed by atoms with Gasteiger partial charge >= 0.3 is 17.9 Å². The molecule has 0 aliphatic carbocycles. The van der Waals surface area contributed by atoms with E-state index in [9.17, 15) is 14.4 Å². The first-order chi connectivity index (χ1) is 36.5. The number of hydrogen-bond donors (Lipinski definition) is 0. The van der Waals surface area contributed by atoms with Gasteiger partial charge in [-0.15, -0.1) is 0 Å². The highest BCUT2D eigenvalue weighted by molar-refractivity contribution is 5.71. The summed E-state index contributed by atoms with van der Waals surface area (Å²) < 4.78 is 16.9. The van der Waals surface area contributed by atoms with Gasteiger partial charge in [-0.05, 0) is 19.3 Å². The molecule has 0 saturated carbocycles. The molecule has 0 radical (unpaired) electrons. The number of unbranched alkanes of at least 4 members (excludes halogenated alkanes) is 53. The smallest absolute Gasteiger partial charge is 0.306 e. The normalized spacial score (nSPS) is 11.9. The molecule has 0 aromatic carbocycles. The average Bonchev–Trinajstić information content (AvgIpc) is 3.40. The lowest BCUT2D eigenvalue weighted by atomic mass is 10.0. The zero-order valence-electron chi connectivity index (χ0n) is 50.7. The second kappa shape index (κ2) is 63.9. The number of hydrogen-bond acceptors (Lipinski definition) is 6. The number of rotatable bonds is 64. The van der Waals surface area contributed by atoms with Gasteiger partial charge in [-0.2, -0.15) is 0 Å². The van der Waals surface area contributed by atoms with Gasteiger partial charge in [0.1, 0.15) is 13.2 Å². The third-order valence-electron chi connectivity index (χ3n) is 15.9. The molecule has 0 aromatic rings. The van der Waals surface area contributed by atoms with Gasteiger partial charge in [-0.3, -0.25) is 14.4 Å². The van der Waals surface area contributed by atoms with Crippen molar-refractivity contribution in [2.45, 2.75) is 406 Å². The van der Waals surface area contributed by atoms with E-state index in [0.29, 0.717) is 19.3 Å². The van der Waals surface area contributed by atoms with Crippen LogP contribution in [-0.2, 0) is 28.6 Å². The topological polar surface area (TPSA) is 78.9 Å². The van der Waals surface area contributed by atoms with E-state index in [1.165, 1.54) is 302 Å². The van der Waals surface area contributed by atoms with Crippen molar-refractivity contribution >= 4 is 17.9 Å². The van der Waals surface area contributed by atoms with Crippen molar-refractivity contribution in [3.05, 3.63) is 0 Å². The van der Waals surface area contributed by atoms with Crippen molar-refractivity contribution in [3.63, 3.8) is 0 Å². The molecule has 0 saturated heterocycles. The van der Waals surface area contributed by atoms with Gasteiger partial charge in [0.25, 0.3) is 0 Å².